The lowest BCUT2D eigenvalue weighted by Crippen LogP contribution is -2.31. The van der Waals surface area contributed by atoms with Crippen LogP contribution < -0.4 is 14.8 Å². The average molecular weight is 426 g/mol. The number of aromatic nitrogens is 2. The number of nitrogens with one attached hydrogen (secondary N) is 1. The monoisotopic (exact) mass is 425 g/mol. The number of imidazole rings is 1. The van der Waals surface area contributed by atoms with Gasteiger partial charge in [0.2, 0.25) is 0 Å². The first kappa shape index (κ1) is 21.5. The molecule has 0 aliphatic carbocycles. The number of hydrogen-bond acceptors (Lipinski definition) is 4. The van der Waals surface area contributed by atoms with Crippen molar-refractivity contribution in [2.45, 2.75) is 12.5 Å². The van der Waals surface area contributed by atoms with E-state index in [1.807, 2.05) is 29.9 Å². The SMILES string of the molecule is C=CCc1cc(C(=O)NC(c2ccc(Cl)cc2)c2nccn2C)cc(OC)c1OC. The second-order valence-electron chi connectivity index (χ2n) is 6.72. The Bertz CT molecular complexity index is 1040. The van der Waals surface area contributed by atoms with Crippen LogP contribution >= 0.6 is 11.6 Å². The molecule has 1 N–H and O–H groups in total. The van der Waals surface area contributed by atoms with Crippen LogP contribution in [0.3, 0.4) is 0 Å². The number of aryl methyl sites for hydroxylation is 1. The minimum Gasteiger partial charge on any atom is -0.493 e. The van der Waals surface area contributed by atoms with Crippen molar-refractivity contribution in [3.05, 3.63) is 89.0 Å². The first-order chi connectivity index (χ1) is 14.5. The first-order valence-electron chi connectivity index (χ1n) is 9.37. The summed E-state index contributed by atoms with van der Waals surface area (Å²) >= 11 is 6.04. The largest absolute Gasteiger partial charge is 0.493 e. The molecule has 0 saturated carbocycles. The lowest BCUT2D eigenvalue weighted by Gasteiger charge is -2.20. The Hall–Kier alpha value is -3.25. The number of ether oxygens (including phenoxy) is 2. The van der Waals surface area contributed by atoms with E-state index >= 15 is 0 Å². The minimum absolute atomic E-state index is 0.260. The maximum Gasteiger partial charge on any atom is 0.252 e. The number of carbonyl (C=O) groups excluding carboxylic acids is 1. The van der Waals surface area contributed by atoms with Crippen molar-refractivity contribution >= 4 is 17.5 Å². The summed E-state index contributed by atoms with van der Waals surface area (Å²) in [6.07, 6.45) is 5.83. The molecule has 0 spiro atoms. The zero-order valence-corrected chi connectivity index (χ0v) is 17.9. The molecular formula is C23H24ClN3O3. The van der Waals surface area contributed by atoms with E-state index in [2.05, 4.69) is 16.9 Å². The van der Waals surface area contributed by atoms with E-state index in [-0.39, 0.29) is 5.91 Å². The minimum atomic E-state index is -0.453. The van der Waals surface area contributed by atoms with Crippen molar-refractivity contribution in [3.63, 3.8) is 0 Å². The van der Waals surface area contributed by atoms with Crippen LogP contribution in [0.5, 0.6) is 11.5 Å². The number of benzene rings is 2. The molecule has 0 fully saturated rings. The average Bonchev–Trinajstić information content (AvgIpc) is 3.17. The van der Waals surface area contributed by atoms with E-state index in [4.69, 9.17) is 21.1 Å². The number of amides is 1. The molecule has 0 radical (unpaired) electrons. The maximum absolute atomic E-state index is 13.2. The van der Waals surface area contributed by atoms with Gasteiger partial charge in [0.1, 0.15) is 11.9 Å². The van der Waals surface area contributed by atoms with Gasteiger partial charge in [0.25, 0.3) is 5.91 Å². The summed E-state index contributed by atoms with van der Waals surface area (Å²) in [5.74, 6) is 1.52. The van der Waals surface area contributed by atoms with E-state index < -0.39 is 6.04 Å². The molecule has 1 unspecified atom stereocenters. The number of carbonyl (C=O) groups is 1. The fourth-order valence-electron chi connectivity index (χ4n) is 3.30. The molecule has 3 rings (SSSR count). The highest BCUT2D eigenvalue weighted by molar-refractivity contribution is 6.30. The number of allylic oxidation sites excluding steroid dienone is 1. The van der Waals surface area contributed by atoms with Crippen LogP contribution in [-0.2, 0) is 13.5 Å². The van der Waals surface area contributed by atoms with Crippen LogP contribution in [0.1, 0.15) is 33.4 Å². The van der Waals surface area contributed by atoms with Gasteiger partial charge in [-0.25, -0.2) is 4.98 Å². The van der Waals surface area contributed by atoms with Crippen molar-refractivity contribution in [2.75, 3.05) is 14.2 Å². The molecule has 156 valence electrons. The van der Waals surface area contributed by atoms with Crippen LogP contribution in [0.15, 0.2) is 61.4 Å². The number of halogens is 1. The summed E-state index contributed by atoms with van der Waals surface area (Å²) in [5.41, 5.74) is 2.14. The van der Waals surface area contributed by atoms with Crippen molar-refractivity contribution < 1.29 is 14.3 Å². The van der Waals surface area contributed by atoms with Crippen molar-refractivity contribution in [3.8, 4) is 11.5 Å². The standard InChI is InChI=1S/C23H24ClN3O3/c1-5-6-16-13-17(14-19(29-3)21(16)30-4)23(28)26-20(22-25-11-12-27(22)2)15-7-9-18(24)10-8-15/h5,7-14,20H,1,6H2,2-4H3,(H,26,28). The zero-order chi connectivity index (χ0) is 21.7. The Morgan fingerprint density at radius 3 is 2.57 bits per heavy atom. The van der Waals surface area contributed by atoms with Gasteiger partial charge in [0.05, 0.1) is 14.2 Å². The van der Waals surface area contributed by atoms with E-state index in [0.29, 0.717) is 34.3 Å². The first-order valence-corrected chi connectivity index (χ1v) is 9.75. The highest BCUT2D eigenvalue weighted by Crippen LogP contribution is 2.33. The van der Waals surface area contributed by atoms with Gasteiger partial charge in [0.15, 0.2) is 11.5 Å². The second kappa shape index (κ2) is 9.50. The number of nitrogens with zero attached hydrogens (tertiary/aromatic N) is 2. The van der Waals surface area contributed by atoms with E-state index in [0.717, 1.165) is 11.1 Å². The van der Waals surface area contributed by atoms with Gasteiger partial charge in [-0.3, -0.25) is 4.79 Å². The Labute approximate surface area is 181 Å². The molecular weight excluding hydrogens is 402 g/mol. The van der Waals surface area contributed by atoms with Crippen LogP contribution in [0.2, 0.25) is 5.02 Å². The predicted octanol–water partition coefficient (Wildman–Crippen LogP) is 4.34. The van der Waals surface area contributed by atoms with E-state index in [1.54, 1.807) is 50.8 Å². The molecule has 6 nitrogen and oxygen atoms in total. The van der Waals surface area contributed by atoms with Gasteiger partial charge in [-0.05, 0) is 36.2 Å². The molecule has 0 bridgehead atoms. The molecule has 7 heteroatoms. The highest BCUT2D eigenvalue weighted by atomic mass is 35.5. The topological polar surface area (TPSA) is 65.4 Å². The van der Waals surface area contributed by atoms with Gasteiger partial charge >= 0.3 is 0 Å². The molecule has 0 aliphatic heterocycles. The fraction of sp³-hybridized carbons (Fsp3) is 0.217. The van der Waals surface area contributed by atoms with Crippen LogP contribution in [0.25, 0.3) is 0 Å². The summed E-state index contributed by atoms with van der Waals surface area (Å²) < 4.78 is 12.8. The third kappa shape index (κ3) is 4.49. The molecule has 0 aliphatic rings. The normalized spacial score (nSPS) is 11.6. The third-order valence-corrected chi connectivity index (χ3v) is 5.03. The smallest absolute Gasteiger partial charge is 0.252 e. The summed E-state index contributed by atoms with van der Waals surface area (Å²) in [6.45, 7) is 3.78. The molecule has 3 aromatic rings. The Morgan fingerprint density at radius 1 is 1.27 bits per heavy atom. The third-order valence-electron chi connectivity index (χ3n) is 4.78. The molecule has 2 aromatic carbocycles. The Balaban J connectivity index is 2.00. The van der Waals surface area contributed by atoms with Gasteiger partial charge in [-0.2, -0.15) is 0 Å². The van der Waals surface area contributed by atoms with E-state index in [9.17, 15) is 4.79 Å². The summed E-state index contributed by atoms with van der Waals surface area (Å²) in [4.78, 5) is 17.7. The fourth-order valence-corrected chi connectivity index (χ4v) is 3.43. The second-order valence-corrected chi connectivity index (χ2v) is 7.15. The van der Waals surface area contributed by atoms with Crippen molar-refractivity contribution in [1.82, 2.24) is 14.9 Å². The summed E-state index contributed by atoms with van der Waals surface area (Å²) in [6, 6.07) is 10.3. The molecule has 0 saturated heterocycles. The molecule has 1 heterocycles. The lowest BCUT2D eigenvalue weighted by molar-refractivity contribution is 0.0940. The van der Waals surface area contributed by atoms with E-state index in [1.165, 1.54) is 0 Å². The van der Waals surface area contributed by atoms with Crippen LogP contribution in [0, 0.1) is 0 Å². The molecule has 1 atom stereocenters. The van der Waals surface area contributed by atoms with Gasteiger partial charge in [0, 0.05) is 35.6 Å². The van der Waals surface area contributed by atoms with Crippen LogP contribution in [0.4, 0.5) is 0 Å². The van der Waals surface area contributed by atoms with Crippen molar-refractivity contribution in [1.29, 1.82) is 0 Å². The number of rotatable bonds is 8. The van der Waals surface area contributed by atoms with Crippen molar-refractivity contribution in [2.24, 2.45) is 7.05 Å². The van der Waals surface area contributed by atoms with Crippen LogP contribution in [-0.4, -0.2) is 29.7 Å². The highest BCUT2D eigenvalue weighted by Gasteiger charge is 2.23. The van der Waals surface area contributed by atoms with Gasteiger partial charge < -0.3 is 19.4 Å². The summed E-state index contributed by atoms with van der Waals surface area (Å²) in [7, 11) is 5.00. The Morgan fingerprint density at radius 2 is 2.00 bits per heavy atom. The number of methoxy groups -OCH3 is 2. The predicted molar refractivity (Wildman–Crippen MR) is 117 cm³/mol. The van der Waals surface area contributed by atoms with Gasteiger partial charge in [-0.1, -0.05) is 29.8 Å². The molecule has 1 aromatic heterocycles. The van der Waals surface area contributed by atoms with Gasteiger partial charge in [-0.15, -0.1) is 6.58 Å². The Kier molecular flexibility index (Phi) is 6.79. The quantitative estimate of drug-likeness (QED) is 0.545. The zero-order valence-electron chi connectivity index (χ0n) is 17.2. The molecule has 30 heavy (non-hydrogen) atoms. The lowest BCUT2D eigenvalue weighted by atomic mass is 10.0. The summed E-state index contributed by atoms with van der Waals surface area (Å²) in [5, 5.41) is 3.71. The maximum atomic E-state index is 13.2. The molecule has 1 amide bonds. The number of hydrogen-bond donors (Lipinski definition) is 1.